The van der Waals surface area contributed by atoms with Crippen LogP contribution in [0.25, 0.3) is 11.3 Å². The summed E-state index contributed by atoms with van der Waals surface area (Å²) < 4.78 is 29.7. The number of carbonyl (C=O) groups excluding carboxylic acids is 2. The minimum atomic E-state index is -3.77. The van der Waals surface area contributed by atoms with Crippen molar-refractivity contribution in [2.45, 2.75) is 31.2 Å². The van der Waals surface area contributed by atoms with Crippen molar-refractivity contribution in [1.29, 1.82) is 0 Å². The predicted molar refractivity (Wildman–Crippen MR) is 131 cm³/mol. The van der Waals surface area contributed by atoms with Gasteiger partial charge < -0.3 is 14.8 Å². The molecule has 0 aliphatic carbocycles. The molecule has 0 bridgehead atoms. The van der Waals surface area contributed by atoms with E-state index in [1.165, 1.54) is 23.4 Å². The maximum absolute atomic E-state index is 13.1. The Labute approximate surface area is 204 Å². The molecule has 1 saturated heterocycles. The molecule has 0 atom stereocenters. The topological polar surface area (TPSA) is 105 Å². The molecule has 9 nitrogen and oxygen atoms in total. The fourth-order valence-corrected chi connectivity index (χ4v) is 5.98. The molecule has 3 heterocycles. The van der Waals surface area contributed by atoms with Crippen molar-refractivity contribution in [2.24, 2.45) is 0 Å². The van der Waals surface area contributed by atoms with E-state index in [-0.39, 0.29) is 29.5 Å². The van der Waals surface area contributed by atoms with E-state index in [1.807, 2.05) is 24.3 Å². The molecular weight excluding hydrogens is 466 g/mol. The van der Waals surface area contributed by atoms with E-state index in [4.69, 9.17) is 0 Å². The number of imidazole rings is 1. The Morgan fingerprint density at radius 2 is 1.71 bits per heavy atom. The summed E-state index contributed by atoms with van der Waals surface area (Å²) in [7, 11) is -3.77. The van der Waals surface area contributed by atoms with E-state index < -0.39 is 15.9 Å². The van der Waals surface area contributed by atoms with Crippen molar-refractivity contribution >= 4 is 27.5 Å². The first-order chi connectivity index (χ1) is 16.8. The van der Waals surface area contributed by atoms with Crippen LogP contribution < -0.4 is 5.32 Å². The van der Waals surface area contributed by atoms with Gasteiger partial charge in [0.25, 0.3) is 5.91 Å². The number of amides is 2. The zero-order chi connectivity index (χ0) is 24.6. The smallest absolute Gasteiger partial charge is 0.255 e. The summed E-state index contributed by atoms with van der Waals surface area (Å²) in [6.07, 6.45) is 4.19. The Hall–Kier alpha value is -3.50. The zero-order valence-electron chi connectivity index (χ0n) is 19.5. The predicted octanol–water partition coefficient (Wildman–Crippen LogP) is 2.60. The maximum Gasteiger partial charge on any atom is 0.255 e. The highest BCUT2D eigenvalue weighted by Crippen LogP contribution is 2.25. The fraction of sp³-hybridized carbons (Fsp3) is 0.320. The van der Waals surface area contributed by atoms with Crippen molar-refractivity contribution in [3.63, 3.8) is 0 Å². The molecule has 10 heteroatoms. The van der Waals surface area contributed by atoms with Crippen LogP contribution in [-0.4, -0.2) is 65.2 Å². The van der Waals surface area contributed by atoms with Gasteiger partial charge in [-0.05, 0) is 36.8 Å². The molecular formula is C25H27N5O4S. The summed E-state index contributed by atoms with van der Waals surface area (Å²) in [4.78, 5) is 30.7. The third kappa shape index (κ3) is 4.71. The third-order valence-corrected chi connectivity index (χ3v) is 8.41. The number of sulfonamides is 1. The van der Waals surface area contributed by atoms with Crippen molar-refractivity contribution in [1.82, 2.24) is 18.8 Å². The van der Waals surface area contributed by atoms with Crippen LogP contribution in [0, 0.1) is 0 Å². The normalized spacial score (nSPS) is 16.2. The fourth-order valence-electron chi connectivity index (χ4n) is 4.51. The van der Waals surface area contributed by atoms with Crippen molar-refractivity contribution in [3.8, 4) is 11.3 Å². The number of hydrogen-bond acceptors (Lipinski definition) is 5. The van der Waals surface area contributed by atoms with Gasteiger partial charge in [-0.2, -0.15) is 4.31 Å². The Kier molecular flexibility index (Phi) is 6.16. The van der Waals surface area contributed by atoms with Gasteiger partial charge >= 0.3 is 0 Å². The number of fused-ring (bicyclic) bond motifs is 1. The molecule has 0 unspecified atom stereocenters. The summed E-state index contributed by atoms with van der Waals surface area (Å²) >= 11 is 0. The number of nitrogens with one attached hydrogen (secondary N) is 1. The second-order valence-electron chi connectivity index (χ2n) is 8.81. The molecule has 2 aliphatic heterocycles. The van der Waals surface area contributed by atoms with Gasteiger partial charge in [-0.1, -0.05) is 18.2 Å². The van der Waals surface area contributed by atoms with Crippen molar-refractivity contribution < 1.29 is 18.0 Å². The van der Waals surface area contributed by atoms with Crippen LogP contribution in [0.1, 0.15) is 29.5 Å². The molecule has 1 aromatic heterocycles. The van der Waals surface area contributed by atoms with Gasteiger partial charge in [0.05, 0.1) is 10.6 Å². The molecule has 0 radical (unpaired) electrons. The minimum Gasteiger partial charge on any atom is -0.340 e. The van der Waals surface area contributed by atoms with E-state index in [9.17, 15) is 18.0 Å². The molecule has 3 aromatic rings. The minimum absolute atomic E-state index is 0.0598. The largest absolute Gasteiger partial charge is 0.340 e. The molecule has 2 aromatic carbocycles. The van der Waals surface area contributed by atoms with Crippen molar-refractivity contribution in [3.05, 3.63) is 66.1 Å². The van der Waals surface area contributed by atoms with Crippen LogP contribution in [0.3, 0.4) is 0 Å². The zero-order valence-corrected chi connectivity index (χ0v) is 20.3. The average Bonchev–Trinajstić information content (AvgIpc) is 3.47. The van der Waals surface area contributed by atoms with Gasteiger partial charge in [0.1, 0.15) is 5.82 Å². The van der Waals surface area contributed by atoms with E-state index in [0.717, 1.165) is 36.5 Å². The second-order valence-corrected chi connectivity index (χ2v) is 10.7. The van der Waals surface area contributed by atoms with Gasteiger partial charge in [0, 0.05) is 69.1 Å². The molecule has 5 rings (SSSR count). The lowest BCUT2D eigenvalue weighted by molar-refractivity contribution is -0.129. The van der Waals surface area contributed by atoms with Crippen LogP contribution in [0.2, 0.25) is 0 Å². The number of aryl methyl sites for hydroxylation is 2. The number of rotatable bonds is 5. The standard InChI is InChI=1S/C25H27N5O4S/c1-18(31)28-12-14-30(15-13-28)35(33,34)22-5-2-4-20(16-22)25(32)26-21-9-7-19(8-10-21)23-17-29-11-3-6-24(29)27-23/h2,4-5,7-10,16-17H,3,6,11-15H2,1H3,(H,26,32). The van der Waals surface area contributed by atoms with E-state index in [0.29, 0.717) is 18.8 Å². The highest BCUT2D eigenvalue weighted by atomic mass is 32.2. The summed E-state index contributed by atoms with van der Waals surface area (Å²) in [6, 6.07) is 13.5. The van der Waals surface area contributed by atoms with Crippen LogP contribution in [0.5, 0.6) is 0 Å². The van der Waals surface area contributed by atoms with Crippen LogP contribution in [-0.2, 0) is 27.8 Å². The Balaban J connectivity index is 1.27. The van der Waals surface area contributed by atoms with Gasteiger partial charge in [0.2, 0.25) is 15.9 Å². The number of nitrogens with zero attached hydrogens (tertiary/aromatic N) is 4. The molecule has 0 spiro atoms. The maximum atomic E-state index is 13.1. The quantitative estimate of drug-likeness (QED) is 0.588. The molecule has 1 N–H and O–H groups in total. The lowest BCUT2D eigenvalue weighted by atomic mass is 10.1. The van der Waals surface area contributed by atoms with E-state index in [2.05, 4.69) is 21.1 Å². The third-order valence-electron chi connectivity index (χ3n) is 6.52. The van der Waals surface area contributed by atoms with E-state index >= 15 is 0 Å². The summed E-state index contributed by atoms with van der Waals surface area (Å²) in [6.45, 7) is 3.64. The lowest BCUT2D eigenvalue weighted by Gasteiger charge is -2.33. The Morgan fingerprint density at radius 1 is 0.971 bits per heavy atom. The molecule has 2 amide bonds. The Bertz CT molecular complexity index is 1350. The van der Waals surface area contributed by atoms with Crippen LogP contribution in [0.4, 0.5) is 5.69 Å². The summed E-state index contributed by atoms with van der Waals surface area (Å²) in [5.74, 6) is 0.646. The highest BCUT2D eigenvalue weighted by molar-refractivity contribution is 7.89. The van der Waals surface area contributed by atoms with E-state index in [1.54, 1.807) is 17.0 Å². The van der Waals surface area contributed by atoms with Gasteiger partial charge in [-0.25, -0.2) is 13.4 Å². The van der Waals surface area contributed by atoms with Gasteiger partial charge in [0.15, 0.2) is 0 Å². The highest BCUT2D eigenvalue weighted by Gasteiger charge is 2.29. The van der Waals surface area contributed by atoms with Crippen molar-refractivity contribution in [2.75, 3.05) is 31.5 Å². The Morgan fingerprint density at radius 3 is 2.40 bits per heavy atom. The summed E-state index contributed by atoms with van der Waals surface area (Å²) in [5, 5.41) is 2.84. The summed E-state index contributed by atoms with van der Waals surface area (Å²) in [5.41, 5.74) is 2.75. The second kappa shape index (κ2) is 9.27. The molecule has 2 aliphatic rings. The molecule has 182 valence electrons. The van der Waals surface area contributed by atoms with Crippen LogP contribution in [0.15, 0.2) is 59.6 Å². The molecule has 1 fully saturated rings. The average molecular weight is 494 g/mol. The van der Waals surface area contributed by atoms with Gasteiger partial charge in [-0.15, -0.1) is 0 Å². The first kappa shape index (κ1) is 23.3. The number of aromatic nitrogens is 2. The first-order valence-electron chi connectivity index (χ1n) is 11.6. The number of piperazine rings is 1. The number of anilines is 1. The first-order valence-corrected chi connectivity index (χ1v) is 13.1. The number of benzene rings is 2. The molecule has 0 saturated carbocycles. The van der Waals surface area contributed by atoms with Gasteiger partial charge in [-0.3, -0.25) is 9.59 Å². The monoisotopic (exact) mass is 493 g/mol. The SMILES string of the molecule is CC(=O)N1CCN(S(=O)(=O)c2cccc(C(=O)Nc3ccc(-c4cn5c(n4)CCC5)cc3)c2)CC1. The lowest BCUT2D eigenvalue weighted by Crippen LogP contribution is -2.49. The molecule has 35 heavy (non-hydrogen) atoms. The van der Waals surface area contributed by atoms with Crippen LogP contribution >= 0.6 is 0 Å². The number of carbonyl (C=O) groups is 2. The number of hydrogen-bond donors (Lipinski definition) is 1.